The summed E-state index contributed by atoms with van der Waals surface area (Å²) in [6.45, 7) is 11.0. The number of nitrogens with one attached hydrogen (secondary N) is 3. The minimum absolute atomic E-state index is 0.0732. The first-order valence-electron chi connectivity index (χ1n) is 9.84. The van der Waals surface area contributed by atoms with E-state index in [0.29, 0.717) is 0 Å². The van der Waals surface area contributed by atoms with Crippen LogP contribution in [0.1, 0.15) is 20.3 Å². The summed E-state index contributed by atoms with van der Waals surface area (Å²) in [6, 6.07) is -0.566. The highest BCUT2D eigenvalue weighted by atomic mass is 35.5. The molecule has 0 saturated carbocycles. The number of ether oxygens (including phenoxy) is 1. The monoisotopic (exact) mass is 493 g/mol. The quantitative estimate of drug-likeness (QED) is 0.135. The number of halogens is 2. The molecule has 180 valence electrons. The van der Waals surface area contributed by atoms with Gasteiger partial charge in [0.25, 0.3) is 5.91 Å². The normalized spacial score (nSPS) is 21.1. The van der Waals surface area contributed by atoms with E-state index in [0.717, 1.165) is 0 Å². The van der Waals surface area contributed by atoms with Crippen molar-refractivity contribution >= 4 is 31.5 Å². The number of allylic oxidation sites excluding steroid dienone is 3. The van der Waals surface area contributed by atoms with Crippen LogP contribution in [0.25, 0.3) is 0 Å². The second-order valence-corrected chi connectivity index (χ2v) is 9.47. The molecule has 1 aliphatic rings. The number of aliphatic hydroxyl groups excluding tert-OH is 1. The molecule has 0 aromatic rings. The molecular formula is C20H30ClFN3O6P. The summed E-state index contributed by atoms with van der Waals surface area (Å²) in [4.78, 5) is 34.4. The summed E-state index contributed by atoms with van der Waals surface area (Å²) in [5.41, 5.74) is 0. The minimum atomic E-state index is -1.47. The number of hydrogen-bond acceptors (Lipinski definition) is 7. The van der Waals surface area contributed by atoms with Gasteiger partial charge >= 0.3 is 0 Å². The molecule has 32 heavy (non-hydrogen) atoms. The Kier molecular flexibility index (Phi) is 13.3. The number of hydrogen-bond donors (Lipinski definition) is 4. The fraction of sp³-hybridized carbons (Fsp3) is 0.500. The van der Waals surface area contributed by atoms with Crippen molar-refractivity contribution in [2.75, 3.05) is 19.8 Å². The zero-order valence-corrected chi connectivity index (χ0v) is 19.7. The molecule has 1 saturated heterocycles. The standard InChI is InChI=1S/C20H30ClFN3O6P/c1-5-32(25-17(26)12-29-14(4)6-7-15(21)10-22)18(27)8-9-23-19(28)16-11-30-31-20(24-16)13(2)3/h5-7,10,13,16,18,20,24,27H,1,4,8-9,11-12H2,2-3H3,(H,23,28)(H,25,26)/b7-6-,15-10-. The molecule has 1 heterocycles. The molecule has 0 bridgehead atoms. The van der Waals surface area contributed by atoms with Gasteiger partial charge in [-0.3, -0.25) is 14.9 Å². The van der Waals surface area contributed by atoms with Gasteiger partial charge in [-0.25, -0.2) is 14.2 Å². The zero-order valence-electron chi connectivity index (χ0n) is 18.1. The average Bonchev–Trinajstić information content (AvgIpc) is 2.79. The highest BCUT2D eigenvalue weighted by Gasteiger charge is 2.30. The third kappa shape index (κ3) is 10.7. The third-order valence-electron chi connectivity index (χ3n) is 4.09. The zero-order chi connectivity index (χ0) is 24.1. The van der Waals surface area contributed by atoms with Crippen LogP contribution in [0.3, 0.4) is 0 Å². The summed E-state index contributed by atoms with van der Waals surface area (Å²) >= 11 is 5.46. The van der Waals surface area contributed by atoms with E-state index < -0.39 is 25.9 Å². The molecule has 4 unspecified atom stereocenters. The minimum Gasteiger partial charge on any atom is -0.484 e. The second kappa shape index (κ2) is 15.1. The van der Waals surface area contributed by atoms with Gasteiger partial charge in [-0.05, 0) is 30.3 Å². The maximum atomic E-state index is 12.3. The van der Waals surface area contributed by atoms with Crippen LogP contribution in [0.5, 0.6) is 0 Å². The fourth-order valence-corrected chi connectivity index (χ4v) is 3.64. The van der Waals surface area contributed by atoms with Gasteiger partial charge in [-0.15, -0.1) is 0 Å². The Morgan fingerprint density at radius 2 is 2.16 bits per heavy atom. The molecule has 1 fully saturated rings. The van der Waals surface area contributed by atoms with Gasteiger partial charge in [0.1, 0.15) is 31.0 Å². The largest absolute Gasteiger partial charge is 0.484 e. The van der Waals surface area contributed by atoms with E-state index in [2.05, 4.69) is 28.9 Å². The predicted octanol–water partition coefficient (Wildman–Crippen LogP) is 2.51. The molecule has 0 aromatic carbocycles. The SMILES string of the molecule is C=CP(NC(=O)COC(=C)/C=C\C(Cl)=C\F)C(O)CCNC(=O)C1COOC(C(C)C)N1. The lowest BCUT2D eigenvalue weighted by molar-refractivity contribution is -0.362. The first-order chi connectivity index (χ1) is 15.2. The van der Waals surface area contributed by atoms with Crippen LogP contribution >= 0.6 is 19.7 Å². The van der Waals surface area contributed by atoms with Gasteiger partial charge in [0.05, 0.1) is 10.9 Å². The van der Waals surface area contributed by atoms with Crippen LogP contribution in [0.15, 0.2) is 48.2 Å². The molecule has 4 atom stereocenters. The summed E-state index contributed by atoms with van der Waals surface area (Å²) in [5.74, 6) is -0.0251. The van der Waals surface area contributed by atoms with Crippen LogP contribution in [0.4, 0.5) is 4.39 Å². The number of carbonyl (C=O) groups excluding carboxylic acids is 2. The lowest BCUT2D eigenvalue weighted by Crippen LogP contribution is -2.56. The molecule has 0 aromatic heterocycles. The van der Waals surface area contributed by atoms with E-state index in [1.165, 1.54) is 18.0 Å². The number of amides is 2. The highest BCUT2D eigenvalue weighted by molar-refractivity contribution is 7.60. The van der Waals surface area contributed by atoms with Gasteiger partial charge < -0.3 is 20.2 Å². The Balaban J connectivity index is 2.37. The van der Waals surface area contributed by atoms with Gasteiger partial charge in [-0.2, -0.15) is 0 Å². The van der Waals surface area contributed by atoms with Crippen LogP contribution in [0.2, 0.25) is 0 Å². The van der Waals surface area contributed by atoms with Crippen LogP contribution in [-0.2, 0) is 24.1 Å². The van der Waals surface area contributed by atoms with Gasteiger partial charge in [0, 0.05) is 14.6 Å². The molecular weight excluding hydrogens is 464 g/mol. The van der Waals surface area contributed by atoms with Gasteiger partial charge in [0.15, 0.2) is 6.61 Å². The number of carbonyl (C=O) groups is 2. The Morgan fingerprint density at radius 1 is 1.44 bits per heavy atom. The van der Waals surface area contributed by atoms with E-state index in [1.807, 2.05) is 13.8 Å². The van der Waals surface area contributed by atoms with Crippen molar-refractivity contribution in [2.45, 2.75) is 38.4 Å². The van der Waals surface area contributed by atoms with E-state index in [9.17, 15) is 19.1 Å². The first-order valence-corrected chi connectivity index (χ1v) is 11.7. The Hall–Kier alpha value is -1.81. The van der Waals surface area contributed by atoms with Crippen molar-refractivity contribution in [3.8, 4) is 0 Å². The highest BCUT2D eigenvalue weighted by Crippen LogP contribution is 2.37. The van der Waals surface area contributed by atoms with Crippen molar-refractivity contribution in [3.63, 3.8) is 0 Å². The van der Waals surface area contributed by atoms with Crippen LogP contribution in [-0.4, -0.2) is 54.8 Å². The second-order valence-electron chi connectivity index (χ2n) is 7.03. The van der Waals surface area contributed by atoms with Crippen molar-refractivity contribution < 1.29 is 33.6 Å². The Morgan fingerprint density at radius 3 is 2.78 bits per heavy atom. The lowest BCUT2D eigenvalue weighted by Gasteiger charge is -2.31. The van der Waals surface area contributed by atoms with E-state index >= 15 is 0 Å². The van der Waals surface area contributed by atoms with E-state index in [-0.39, 0.29) is 61.4 Å². The maximum absolute atomic E-state index is 12.3. The average molecular weight is 494 g/mol. The topological polar surface area (TPSA) is 118 Å². The molecule has 12 heteroatoms. The smallest absolute Gasteiger partial charge is 0.261 e. The molecule has 0 radical (unpaired) electrons. The summed E-state index contributed by atoms with van der Waals surface area (Å²) in [7, 11) is -1.47. The first kappa shape index (κ1) is 28.2. The van der Waals surface area contributed by atoms with Crippen molar-refractivity contribution in [3.05, 3.63) is 48.2 Å². The van der Waals surface area contributed by atoms with Gasteiger partial charge in [-0.1, -0.05) is 38.6 Å². The molecule has 0 aliphatic carbocycles. The fourth-order valence-electron chi connectivity index (χ4n) is 2.33. The van der Waals surface area contributed by atoms with Crippen LogP contribution in [0, 0.1) is 5.92 Å². The van der Waals surface area contributed by atoms with Crippen molar-refractivity contribution in [2.24, 2.45) is 5.92 Å². The van der Waals surface area contributed by atoms with Crippen molar-refractivity contribution in [1.82, 2.24) is 15.7 Å². The summed E-state index contributed by atoms with van der Waals surface area (Å²) in [5, 5.41) is 18.6. The predicted molar refractivity (Wildman–Crippen MR) is 121 cm³/mol. The molecule has 4 N–H and O–H groups in total. The third-order valence-corrected chi connectivity index (χ3v) is 6.10. The summed E-state index contributed by atoms with van der Waals surface area (Å²) in [6.07, 6.45) is 2.55. The summed E-state index contributed by atoms with van der Waals surface area (Å²) < 4.78 is 17.3. The molecule has 1 aliphatic heterocycles. The van der Waals surface area contributed by atoms with Crippen molar-refractivity contribution in [1.29, 1.82) is 0 Å². The lowest BCUT2D eigenvalue weighted by atomic mass is 10.1. The Bertz CT molecular complexity index is 721. The molecule has 1 rings (SSSR count). The number of aliphatic hydroxyl groups is 1. The van der Waals surface area contributed by atoms with Gasteiger partial charge in [0.2, 0.25) is 5.91 Å². The molecule has 2 amide bonds. The van der Waals surface area contributed by atoms with E-state index in [1.54, 1.807) is 0 Å². The molecule has 0 spiro atoms. The molecule has 9 nitrogen and oxygen atoms in total. The maximum Gasteiger partial charge on any atom is 0.261 e. The van der Waals surface area contributed by atoms with Crippen LogP contribution < -0.4 is 15.7 Å². The Labute approximate surface area is 193 Å². The number of rotatable bonds is 13. The van der Waals surface area contributed by atoms with E-state index in [4.69, 9.17) is 26.1 Å².